The van der Waals surface area contributed by atoms with Crippen LogP contribution in [0, 0.1) is 6.92 Å². The van der Waals surface area contributed by atoms with E-state index in [9.17, 15) is 9.59 Å². The average Bonchev–Trinajstić information content (AvgIpc) is 3.15. The number of hydrogen-bond acceptors (Lipinski definition) is 3. The molecule has 168 valence electrons. The molecule has 0 aliphatic carbocycles. The first-order chi connectivity index (χ1) is 15.4. The zero-order valence-corrected chi connectivity index (χ0v) is 21.4. The van der Waals surface area contributed by atoms with Gasteiger partial charge in [-0.15, -0.1) is 0 Å². The Bertz CT molecular complexity index is 1150. The largest absolute Gasteiger partial charge is 1.00 e. The van der Waals surface area contributed by atoms with Gasteiger partial charge in [-0.3, -0.25) is 9.59 Å². The van der Waals surface area contributed by atoms with E-state index in [-0.39, 0.29) is 28.5 Å². The van der Waals surface area contributed by atoms with Gasteiger partial charge < -0.3 is 21.4 Å². The van der Waals surface area contributed by atoms with Crippen molar-refractivity contribution in [1.82, 2.24) is 0 Å². The summed E-state index contributed by atoms with van der Waals surface area (Å²) in [6.45, 7) is 4.76. The molecule has 4 rings (SSSR count). The van der Waals surface area contributed by atoms with Crippen LogP contribution in [-0.4, -0.2) is 11.6 Å². The second-order valence-electron chi connectivity index (χ2n) is 7.92. The van der Waals surface area contributed by atoms with Crippen LogP contribution >= 0.6 is 7.26 Å². The van der Waals surface area contributed by atoms with Gasteiger partial charge in [-0.2, -0.15) is 0 Å². The number of Topliss-reactive ketones (excluding diaryl/α,β-unsaturated/α-hetero) is 2. The number of ketones is 2. The van der Waals surface area contributed by atoms with Gasteiger partial charge in [0, 0.05) is 0 Å². The number of furan rings is 1. The maximum Gasteiger partial charge on any atom is 0.164 e. The van der Waals surface area contributed by atoms with E-state index in [1.165, 1.54) is 29.8 Å². The molecule has 5 heteroatoms. The van der Waals surface area contributed by atoms with E-state index in [2.05, 4.69) is 72.8 Å². The van der Waals surface area contributed by atoms with Gasteiger partial charge in [-0.25, -0.2) is 0 Å². The van der Waals surface area contributed by atoms with Gasteiger partial charge in [0.25, 0.3) is 0 Å². The van der Waals surface area contributed by atoms with Gasteiger partial charge in [0.15, 0.2) is 17.3 Å². The maximum absolute atomic E-state index is 12.7. The van der Waals surface area contributed by atoms with E-state index in [4.69, 9.17) is 4.42 Å². The Morgan fingerprint density at radius 3 is 1.36 bits per heavy atom. The van der Waals surface area contributed by atoms with Crippen molar-refractivity contribution in [2.75, 3.05) is 0 Å². The van der Waals surface area contributed by atoms with Gasteiger partial charge in [-0.1, -0.05) is 54.6 Å². The van der Waals surface area contributed by atoms with Gasteiger partial charge in [0.2, 0.25) is 0 Å². The predicted octanol–water partition coefficient (Wildman–Crippen LogP) is 2.49. The summed E-state index contributed by atoms with van der Waals surface area (Å²) in [4.78, 5) is 25.1. The van der Waals surface area contributed by atoms with Crippen molar-refractivity contribution in [3.63, 3.8) is 0 Å². The van der Waals surface area contributed by atoms with Crippen molar-refractivity contribution in [3.05, 3.63) is 114 Å². The summed E-state index contributed by atoms with van der Waals surface area (Å²) < 4.78 is 6.17. The second-order valence-corrected chi connectivity index (χ2v) is 11.4. The lowest BCUT2D eigenvalue weighted by atomic mass is 10.0. The van der Waals surface area contributed by atoms with E-state index in [1.54, 1.807) is 6.92 Å². The number of halogens is 1. The number of rotatable bonds is 7. The first-order valence-electron chi connectivity index (χ1n) is 10.6. The van der Waals surface area contributed by atoms with Crippen LogP contribution in [0.5, 0.6) is 0 Å². The molecule has 0 aliphatic rings. The minimum Gasteiger partial charge on any atom is -1.00 e. The summed E-state index contributed by atoms with van der Waals surface area (Å²) in [6, 6.07) is 31.3. The third kappa shape index (κ3) is 4.64. The third-order valence-electron chi connectivity index (χ3n) is 5.83. The standard InChI is InChI=1S/C28H26O3P.BrH/c1-20(29)27-22(3)31-26(28(27)21(2)30)19-32(23-13-7-4-8-14-23,24-15-9-5-10-16-24)25-17-11-6-12-18-25;/h4-18H,19H2,1-3H3;1H/q+1;/p-1. The number of hydrogen-bond donors (Lipinski definition) is 0. The Labute approximate surface area is 206 Å². The minimum absolute atomic E-state index is 0. The smallest absolute Gasteiger partial charge is 0.164 e. The molecule has 0 spiro atoms. The SMILES string of the molecule is CC(=O)c1c(C)oc(C[P+](c2ccccc2)(c2ccccc2)c2ccccc2)c1C(C)=O.[Br-]. The fraction of sp³-hybridized carbons (Fsp3) is 0.143. The fourth-order valence-corrected chi connectivity index (χ4v) is 8.63. The van der Waals surface area contributed by atoms with E-state index in [0.717, 1.165) is 0 Å². The third-order valence-corrected chi connectivity index (χ3v) is 10.1. The zero-order chi connectivity index (χ0) is 22.7. The summed E-state index contributed by atoms with van der Waals surface area (Å²) in [6.07, 6.45) is 0.522. The fourth-order valence-electron chi connectivity index (χ4n) is 4.49. The molecule has 4 aromatic rings. The lowest BCUT2D eigenvalue weighted by Crippen LogP contribution is -3.00. The molecule has 1 aromatic heterocycles. The van der Waals surface area contributed by atoms with Crippen LogP contribution in [0.25, 0.3) is 0 Å². The van der Waals surface area contributed by atoms with Crippen molar-refractivity contribution in [2.24, 2.45) is 0 Å². The lowest BCUT2D eigenvalue weighted by molar-refractivity contribution is -0.0000231. The van der Waals surface area contributed by atoms with Gasteiger partial charge in [0.05, 0.1) is 11.1 Å². The van der Waals surface area contributed by atoms with E-state index < -0.39 is 7.26 Å². The first kappa shape index (κ1) is 24.8. The Hall–Kier alpha value is -2.81. The molecular formula is C28H26BrO3P. The minimum atomic E-state index is -2.24. The Morgan fingerprint density at radius 1 is 0.667 bits per heavy atom. The van der Waals surface area contributed by atoms with Crippen LogP contribution in [0.3, 0.4) is 0 Å². The highest BCUT2D eigenvalue weighted by Crippen LogP contribution is 2.58. The number of carbonyl (C=O) groups excluding carboxylic acids is 2. The first-order valence-corrected chi connectivity index (χ1v) is 12.6. The summed E-state index contributed by atoms with van der Waals surface area (Å²) in [5.74, 6) is 0.801. The molecule has 0 atom stereocenters. The van der Waals surface area contributed by atoms with Crippen molar-refractivity contribution in [2.45, 2.75) is 26.9 Å². The molecule has 3 nitrogen and oxygen atoms in total. The number of carbonyl (C=O) groups is 2. The predicted molar refractivity (Wildman–Crippen MR) is 132 cm³/mol. The highest BCUT2D eigenvalue weighted by molar-refractivity contribution is 7.95. The summed E-state index contributed by atoms with van der Waals surface area (Å²) >= 11 is 0. The molecule has 0 N–H and O–H groups in total. The molecule has 0 bridgehead atoms. The van der Waals surface area contributed by atoms with Crippen LogP contribution < -0.4 is 32.9 Å². The molecular weight excluding hydrogens is 495 g/mol. The van der Waals surface area contributed by atoms with Crippen molar-refractivity contribution < 1.29 is 31.0 Å². The highest BCUT2D eigenvalue weighted by Gasteiger charge is 2.47. The lowest BCUT2D eigenvalue weighted by Gasteiger charge is -2.27. The van der Waals surface area contributed by atoms with E-state index in [0.29, 0.717) is 28.8 Å². The Balaban J connectivity index is 0.00000306. The summed E-state index contributed by atoms with van der Waals surface area (Å²) in [5.41, 5.74) is 0.821. The molecule has 0 saturated carbocycles. The van der Waals surface area contributed by atoms with Gasteiger partial charge in [-0.05, 0) is 57.2 Å². The quantitative estimate of drug-likeness (QED) is 0.278. The second kappa shape index (κ2) is 10.4. The summed E-state index contributed by atoms with van der Waals surface area (Å²) in [5, 5.41) is 3.60. The van der Waals surface area contributed by atoms with E-state index >= 15 is 0 Å². The van der Waals surface area contributed by atoms with Crippen LogP contribution in [0.1, 0.15) is 46.1 Å². The normalized spacial score (nSPS) is 11.0. The molecule has 0 aliphatic heterocycles. The molecule has 3 aromatic carbocycles. The Kier molecular flexibility index (Phi) is 7.84. The number of aryl methyl sites for hydroxylation is 1. The molecule has 0 unspecified atom stereocenters. The van der Waals surface area contributed by atoms with Crippen molar-refractivity contribution in [1.29, 1.82) is 0 Å². The molecule has 0 radical (unpaired) electrons. The molecule has 0 amide bonds. The summed E-state index contributed by atoms with van der Waals surface area (Å²) in [7, 11) is -2.24. The maximum atomic E-state index is 12.7. The van der Waals surface area contributed by atoms with Crippen molar-refractivity contribution in [3.8, 4) is 0 Å². The Morgan fingerprint density at radius 2 is 1.03 bits per heavy atom. The number of benzene rings is 3. The zero-order valence-electron chi connectivity index (χ0n) is 18.9. The van der Waals surface area contributed by atoms with Gasteiger partial charge in [0.1, 0.15) is 35.1 Å². The topological polar surface area (TPSA) is 47.3 Å². The van der Waals surface area contributed by atoms with Crippen molar-refractivity contribution >= 4 is 34.7 Å². The van der Waals surface area contributed by atoms with Crippen LogP contribution in [0.2, 0.25) is 0 Å². The molecule has 33 heavy (non-hydrogen) atoms. The monoisotopic (exact) mass is 520 g/mol. The van der Waals surface area contributed by atoms with Crippen LogP contribution in [0.15, 0.2) is 95.4 Å². The molecule has 1 heterocycles. The van der Waals surface area contributed by atoms with E-state index in [1.807, 2.05) is 18.2 Å². The average molecular weight is 521 g/mol. The molecule has 0 saturated heterocycles. The van der Waals surface area contributed by atoms with Crippen LogP contribution in [0.4, 0.5) is 0 Å². The molecule has 0 fully saturated rings. The van der Waals surface area contributed by atoms with Gasteiger partial charge >= 0.3 is 0 Å². The van der Waals surface area contributed by atoms with Crippen LogP contribution in [-0.2, 0) is 6.16 Å². The highest BCUT2D eigenvalue weighted by atomic mass is 79.9.